The van der Waals surface area contributed by atoms with Crippen molar-refractivity contribution >= 4 is 21.9 Å². The topological polar surface area (TPSA) is 75.6 Å². The summed E-state index contributed by atoms with van der Waals surface area (Å²) in [4.78, 5) is 15.5. The van der Waals surface area contributed by atoms with E-state index >= 15 is 0 Å². The molecule has 0 saturated heterocycles. The summed E-state index contributed by atoms with van der Waals surface area (Å²) < 4.78 is 6.49. The van der Waals surface area contributed by atoms with Gasteiger partial charge in [-0.05, 0) is 108 Å². The summed E-state index contributed by atoms with van der Waals surface area (Å²) in [5.41, 5.74) is 21.3. The van der Waals surface area contributed by atoms with Crippen LogP contribution in [0, 0.1) is 11.3 Å². The molecule has 10 aromatic carbocycles. The molecule has 0 radical (unpaired) electrons. The number of fused-ring (bicyclic) bond motifs is 13. The lowest BCUT2D eigenvalue weighted by molar-refractivity contribution is 0.669. The highest BCUT2D eigenvalue weighted by Gasteiger charge is 2.51. The lowest BCUT2D eigenvalue weighted by Gasteiger charge is -2.30. The van der Waals surface area contributed by atoms with Crippen molar-refractivity contribution in [3.63, 3.8) is 0 Å². The number of nitriles is 1. The number of nitrogens with zero attached hydrogens (tertiary/aromatic N) is 4. The van der Waals surface area contributed by atoms with E-state index in [9.17, 15) is 5.26 Å². The SMILES string of the molecule is N#Cc1ccc2oc3c(-c4nc(-c5ccc(-c6ccc(-c7ccc8c(c7)C7(c9ccccc9-c9ccccc97)c7ccccc7-8)cc6)cc5)nc(-c5ccccc5-c5ccccc5)n4)cccc3c2c1. The summed E-state index contributed by atoms with van der Waals surface area (Å²) >= 11 is 0. The van der Waals surface area contributed by atoms with E-state index in [1.54, 1.807) is 6.07 Å². The van der Waals surface area contributed by atoms with Gasteiger partial charge in [0.25, 0.3) is 0 Å². The van der Waals surface area contributed by atoms with Crippen LogP contribution in [-0.2, 0) is 5.41 Å². The smallest absolute Gasteiger partial charge is 0.167 e. The van der Waals surface area contributed by atoms with Crippen LogP contribution >= 0.6 is 0 Å². The van der Waals surface area contributed by atoms with Crippen LogP contribution in [0.5, 0.6) is 0 Å². The van der Waals surface area contributed by atoms with Crippen molar-refractivity contribution in [3.8, 4) is 95.9 Å². The van der Waals surface area contributed by atoms with Crippen molar-refractivity contribution in [2.24, 2.45) is 0 Å². The predicted molar refractivity (Wildman–Crippen MR) is 281 cm³/mol. The first kappa shape index (κ1) is 39.6. The van der Waals surface area contributed by atoms with Crippen molar-refractivity contribution < 1.29 is 4.42 Å². The second-order valence-corrected chi connectivity index (χ2v) is 18.1. The van der Waals surface area contributed by atoms with E-state index in [0.29, 0.717) is 34.2 Å². The van der Waals surface area contributed by atoms with Crippen LogP contribution < -0.4 is 0 Å². The summed E-state index contributed by atoms with van der Waals surface area (Å²) in [6, 6.07) is 83.6. The fraction of sp³-hybridized carbons (Fsp3) is 0.0154. The molecule has 324 valence electrons. The molecule has 0 fully saturated rings. The van der Waals surface area contributed by atoms with Gasteiger partial charge in [0.05, 0.1) is 22.6 Å². The molecule has 70 heavy (non-hydrogen) atoms. The lowest BCUT2D eigenvalue weighted by atomic mass is 9.70. The maximum Gasteiger partial charge on any atom is 0.167 e. The average molecular weight is 891 g/mol. The van der Waals surface area contributed by atoms with Crippen LogP contribution in [0.4, 0.5) is 0 Å². The number of hydrogen-bond acceptors (Lipinski definition) is 5. The zero-order chi connectivity index (χ0) is 46.3. The summed E-state index contributed by atoms with van der Waals surface area (Å²) in [7, 11) is 0. The highest BCUT2D eigenvalue weighted by atomic mass is 16.3. The van der Waals surface area contributed by atoms with Gasteiger partial charge >= 0.3 is 0 Å². The van der Waals surface area contributed by atoms with Crippen molar-refractivity contribution in [2.45, 2.75) is 5.41 Å². The second-order valence-electron chi connectivity index (χ2n) is 18.1. The van der Waals surface area contributed by atoms with Gasteiger partial charge in [-0.25, -0.2) is 15.0 Å². The van der Waals surface area contributed by atoms with Gasteiger partial charge in [0.1, 0.15) is 11.2 Å². The van der Waals surface area contributed by atoms with E-state index in [1.807, 2.05) is 60.7 Å². The van der Waals surface area contributed by atoms with Gasteiger partial charge in [-0.3, -0.25) is 0 Å². The molecule has 2 aromatic heterocycles. The number of benzene rings is 10. The molecule has 14 rings (SSSR count). The van der Waals surface area contributed by atoms with Gasteiger partial charge in [0.2, 0.25) is 0 Å². The van der Waals surface area contributed by atoms with E-state index in [1.165, 1.54) is 55.6 Å². The number of aromatic nitrogens is 3. The Morgan fingerprint density at radius 3 is 1.44 bits per heavy atom. The fourth-order valence-corrected chi connectivity index (χ4v) is 11.3. The molecule has 0 aliphatic heterocycles. The number of rotatable bonds is 6. The molecule has 2 heterocycles. The largest absolute Gasteiger partial charge is 0.455 e. The summed E-state index contributed by atoms with van der Waals surface area (Å²) in [5, 5.41) is 11.4. The van der Waals surface area contributed by atoms with Crippen molar-refractivity contribution in [2.75, 3.05) is 0 Å². The van der Waals surface area contributed by atoms with Crippen molar-refractivity contribution in [1.29, 1.82) is 5.26 Å². The first-order valence-corrected chi connectivity index (χ1v) is 23.6. The van der Waals surface area contributed by atoms with Crippen LogP contribution in [0.15, 0.2) is 235 Å². The number of para-hydroxylation sites is 1. The molecule has 5 nitrogen and oxygen atoms in total. The molecule has 0 unspecified atom stereocenters. The third kappa shape index (κ3) is 5.94. The molecule has 2 aliphatic carbocycles. The molecule has 0 atom stereocenters. The van der Waals surface area contributed by atoms with Gasteiger partial charge in [-0.15, -0.1) is 0 Å². The Kier molecular flexibility index (Phi) is 8.80. The Hall–Kier alpha value is -9.50. The van der Waals surface area contributed by atoms with Crippen molar-refractivity contribution in [3.05, 3.63) is 258 Å². The highest BCUT2D eigenvalue weighted by Crippen LogP contribution is 2.63. The standard InChI is InChI=1S/C65H38N4O/c66-39-40-25-36-60-55(37-40)52-20-12-21-54(61(52)70-60)64-68-62(67-63(69-64)53-19-5-4-15-47(53)44-13-2-1-3-14-44)45-32-30-42(31-33-45)41-26-28-43(29-27-41)46-34-35-51-50-18-8-11-24-58(50)65(59(51)38-46)56-22-9-6-16-48(56)49-17-7-10-23-57(49)65/h1-38H. The predicted octanol–water partition coefficient (Wildman–Crippen LogP) is 16.0. The average Bonchev–Trinajstić information content (AvgIpc) is 4.07. The molecule has 12 aromatic rings. The van der Waals surface area contributed by atoms with E-state index < -0.39 is 0 Å². The van der Waals surface area contributed by atoms with Crippen LogP contribution in [-0.4, -0.2) is 15.0 Å². The minimum absolute atomic E-state index is 0.383. The summed E-state index contributed by atoms with van der Waals surface area (Å²) in [6.45, 7) is 0. The van der Waals surface area contributed by atoms with E-state index in [4.69, 9.17) is 19.4 Å². The Balaban J connectivity index is 0.840. The summed E-state index contributed by atoms with van der Waals surface area (Å²) in [5.74, 6) is 1.60. The zero-order valence-corrected chi connectivity index (χ0v) is 37.6. The van der Waals surface area contributed by atoms with Crippen LogP contribution in [0.3, 0.4) is 0 Å². The molecular formula is C65H38N4O. The Morgan fingerprint density at radius 2 is 0.814 bits per heavy atom. The normalized spacial score (nSPS) is 12.7. The number of hydrogen-bond donors (Lipinski definition) is 0. The molecule has 0 bridgehead atoms. The molecule has 5 heteroatoms. The zero-order valence-electron chi connectivity index (χ0n) is 37.6. The Morgan fingerprint density at radius 1 is 0.329 bits per heavy atom. The minimum Gasteiger partial charge on any atom is -0.455 e. The molecule has 0 N–H and O–H groups in total. The van der Waals surface area contributed by atoms with E-state index in [0.717, 1.165) is 49.7 Å². The molecule has 1 spiro atoms. The van der Waals surface area contributed by atoms with E-state index in [-0.39, 0.29) is 5.41 Å². The maximum atomic E-state index is 9.68. The second kappa shape index (κ2) is 15.5. The van der Waals surface area contributed by atoms with Crippen LogP contribution in [0.1, 0.15) is 27.8 Å². The third-order valence-electron chi connectivity index (χ3n) is 14.4. The van der Waals surface area contributed by atoms with Gasteiger partial charge in [0.15, 0.2) is 17.5 Å². The van der Waals surface area contributed by atoms with Gasteiger partial charge in [0, 0.05) is 21.9 Å². The Labute approximate surface area is 404 Å². The van der Waals surface area contributed by atoms with E-state index in [2.05, 4.69) is 170 Å². The van der Waals surface area contributed by atoms with Crippen LogP contribution in [0.2, 0.25) is 0 Å². The maximum absolute atomic E-state index is 9.68. The minimum atomic E-state index is -0.383. The molecular weight excluding hydrogens is 853 g/mol. The number of furan rings is 1. The molecule has 0 saturated carbocycles. The molecule has 2 aliphatic rings. The summed E-state index contributed by atoms with van der Waals surface area (Å²) in [6.07, 6.45) is 0. The Bertz CT molecular complexity index is 4060. The van der Waals surface area contributed by atoms with Gasteiger partial charge in [-0.2, -0.15) is 5.26 Å². The van der Waals surface area contributed by atoms with Gasteiger partial charge < -0.3 is 4.42 Å². The molecule has 0 amide bonds. The third-order valence-corrected chi connectivity index (χ3v) is 14.4. The first-order chi connectivity index (χ1) is 34.6. The fourth-order valence-electron chi connectivity index (χ4n) is 11.3. The quantitative estimate of drug-likeness (QED) is 0.166. The monoisotopic (exact) mass is 890 g/mol. The highest BCUT2D eigenvalue weighted by molar-refractivity contribution is 6.09. The van der Waals surface area contributed by atoms with Crippen LogP contribution in [0.25, 0.3) is 112 Å². The van der Waals surface area contributed by atoms with Crippen molar-refractivity contribution in [1.82, 2.24) is 15.0 Å². The first-order valence-electron chi connectivity index (χ1n) is 23.6. The van der Waals surface area contributed by atoms with Gasteiger partial charge in [-0.1, -0.05) is 200 Å². The lowest BCUT2D eigenvalue weighted by Crippen LogP contribution is -2.25.